The van der Waals surface area contributed by atoms with E-state index in [0.717, 1.165) is 0 Å². The molecular weight excluding hydrogens is 270 g/mol. The van der Waals surface area contributed by atoms with Gasteiger partial charge in [-0.2, -0.15) is 0 Å². The van der Waals surface area contributed by atoms with Crippen molar-refractivity contribution < 1.29 is 24.9 Å². The van der Waals surface area contributed by atoms with Gasteiger partial charge in [0.05, 0.1) is 6.33 Å². The number of nitrogens with zero attached hydrogens (tertiary/aromatic N) is 4. The minimum atomic E-state index is -1.55. The molecule has 2 aromatic rings. The molecule has 0 aliphatic carbocycles. The van der Waals surface area contributed by atoms with Crippen molar-refractivity contribution in [3.05, 3.63) is 12.7 Å². The number of aliphatic hydroxyl groups excluding tert-OH is 2. The van der Waals surface area contributed by atoms with Crippen LogP contribution >= 0.6 is 0 Å². The maximum Gasteiger partial charge on any atom is 0.335 e. The number of ether oxygens (including phenoxy) is 1. The number of aliphatic carboxylic acids is 1. The second-order valence-electron chi connectivity index (χ2n) is 4.35. The van der Waals surface area contributed by atoms with Gasteiger partial charge in [0, 0.05) is 0 Å². The molecule has 4 atom stereocenters. The molecule has 20 heavy (non-hydrogen) atoms. The van der Waals surface area contributed by atoms with E-state index in [1.165, 1.54) is 17.2 Å². The molecule has 10 heteroatoms. The molecule has 0 radical (unpaired) electrons. The molecule has 3 heterocycles. The number of carbonyl (C=O) groups is 1. The van der Waals surface area contributed by atoms with Gasteiger partial charge in [0.2, 0.25) is 0 Å². The Labute approximate surface area is 111 Å². The molecule has 1 fully saturated rings. The van der Waals surface area contributed by atoms with Crippen molar-refractivity contribution in [3.63, 3.8) is 0 Å². The van der Waals surface area contributed by atoms with Crippen LogP contribution in [-0.2, 0) is 9.53 Å². The van der Waals surface area contributed by atoms with Gasteiger partial charge in [-0.3, -0.25) is 4.57 Å². The van der Waals surface area contributed by atoms with E-state index in [4.69, 9.17) is 15.6 Å². The number of aromatic nitrogens is 4. The predicted molar refractivity (Wildman–Crippen MR) is 63.3 cm³/mol. The quantitative estimate of drug-likeness (QED) is 0.494. The van der Waals surface area contributed by atoms with Crippen LogP contribution in [-0.4, -0.2) is 59.1 Å². The fourth-order valence-electron chi connectivity index (χ4n) is 2.15. The Bertz CT molecular complexity index is 673. The van der Waals surface area contributed by atoms with Gasteiger partial charge < -0.3 is 25.8 Å². The van der Waals surface area contributed by atoms with Crippen LogP contribution in [0.25, 0.3) is 11.2 Å². The van der Waals surface area contributed by atoms with Crippen molar-refractivity contribution >= 4 is 23.0 Å². The Morgan fingerprint density at radius 3 is 2.70 bits per heavy atom. The number of nitrogen functional groups attached to an aromatic ring is 1. The number of nitrogens with two attached hydrogens (primary N) is 1. The van der Waals surface area contributed by atoms with Crippen LogP contribution in [0.2, 0.25) is 0 Å². The van der Waals surface area contributed by atoms with Crippen molar-refractivity contribution in [1.82, 2.24) is 19.5 Å². The van der Waals surface area contributed by atoms with Gasteiger partial charge in [-0.15, -0.1) is 0 Å². The summed E-state index contributed by atoms with van der Waals surface area (Å²) in [6.07, 6.45) is -3.11. The maximum atomic E-state index is 10.9. The standard InChI is InChI=1S/C10H11N5O5/c11-7-3-8(13-1-12-7)15(2-14-3)9-5(17)4(16)6(20-9)10(18)19/h1-2,4-6,9,16-17H,(H,18,19)(H2,11,12,13)/t4-,5?,6+,9-/m0/s1. The molecule has 0 amide bonds. The molecule has 0 spiro atoms. The number of aliphatic hydroxyl groups is 2. The molecule has 1 saturated heterocycles. The summed E-state index contributed by atoms with van der Waals surface area (Å²) >= 11 is 0. The first-order chi connectivity index (χ1) is 9.50. The summed E-state index contributed by atoms with van der Waals surface area (Å²) in [7, 11) is 0. The molecule has 10 nitrogen and oxygen atoms in total. The largest absolute Gasteiger partial charge is 0.479 e. The summed E-state index contributed by atoms with van der Waals surface area (Å²) in [6, 6.07) is 0. The average molecular weight is 281 g/mol. The lowest BCUT2D eigenvalue weighted by Crippen LogP contribution is -2.35. The summed E-state index contributed by atoms with van der Waals surface area (Å²) in [6.45, 7) is 0. The number of fused-ring (bicyclic) bond motifs is 1. The zero-order valence-corrected chi connectivity index (χ0v) is 9.99. The topological polar surface area (TPSA) is 157 Å². The zero-order chi connectivity index (χ0) is 14.4. The number of hydrogen-bond acceptors (Lipinski definition) is 8. The van der Waals surface area contributed by atoms with Gasteiger partial charge in [-0.1, -0.05) is 0 Å². The van der Waals surface area contributed by atoms with Crippen LogP contribution in [0, 0.1) is 0 Å². The third-order valence-corrected chi connectivity index (χ3v) is 3.14. The van der Waals surface area contributed by atoms with Gasteiger partial charge in [0.1, 0.15) is 24.1 Å². The van der Waals surface area contributed by atoms with Crippen molar-refractivity contribution in [2.75, 3.05) is 5.73 Å². The van der Waals surface area contributed by atoms with Gasteiger partial charge >= 0.3 is 5.97 Å². The number of carboxylic acids is 1. The first-order valence-electron chi connectivity index (χ1n) is 5.68. The minimum absolute atomic E-state index is 0.150. The van der Waals surface area contributed by atoms with Crippen LogP contribution in [0.15, 0.2) is 12.7 Å². The SMILES string of the molecule is Nc1ncnc2c1ncn2[C@H]1O[C@@H](C(=O)O)[C@@H](O)C1O. The number of carboxylic acid groups (broad SMARTS) is 1. The molecule has 3 rings (SSSR count). The van der Waals surface area contributed by atoms with E-state index in [9.17, 15) is 15.0 Å². The smallest absolute Gasteiger partial charge is 0.335 e. The minimum Gasteiger partial charge on any atom is -0.479 e. The summed E-state index contributed by atoms with van der Waals surface area (Å²) in [4.78, 5) is 22.6. The molecule has 2 aromatic heterocycles. The van der Waals surface area contributed by atoms with E-state index in [0.29, 0.717) is 5.52 Å². The highest BCUT2D eigenvalue weighted by molar-refractivity contribution is 5.81. The van der Waals surface area contributed by atoms with Crippen molar-refractivity contribution in [3.8, 4) is 0 Å². The fraction of sp³-hybridized carbons (Fsp3) is 0.400. The molecule has 106 valence electrons. The average Bonchev–Trinajstić information content (AvgIpc) is 2.94. The third-order valence-electron chi connectivity index (χ3n) is 3.14. The molecular formula is C10H11N5O5. The summed E-state index contributed by atoms with van der Waals surface area (Å²) in [5.74, 6) is -1.21. The molecule has 0 aromatic carbocycles. The molecule has 5 N–H and O–H groups in total. The van der Waals surface area contributed by atoms with Crippen LogP contribution in [0.3, 0.4) is 0 Å². The van der Waals surface area contributed by atoms with Crippen LogP contribution in [0.4, 0.5) is 5.82 Å². The van der Waals surface area contributed by atoms with E-state index in [1.807, 2.05) is 0 Å². The highest BCUT2D eigenvalue weighted by Crippen LogP contribution is 2.31. The van der Waals surface area contributed by atoms with Crippen molar-refractivity contribution in [2.24, 2.45) is 0 Å². The first-order valence-corrected chi connectivity index (χ1v) is 5.68. The number of anilines is 1. The van der Waals surface area contributed by atoms with Crippen molar-refractivity contribution in [1.29, 1.82) is 0 Å². The van der Waals surface area contributed by atoms with Crippen LogP contribution < -0.4 is 5.73 Å². The van der Waals surface area contributed by atoms with E-state index in [1.54, 1.807) is 0 Å². The lowest BCUT2D eigenvalue weighted by atomic mass is 10.1. The van der Waals surface area contributed by atoms with Gasteiger partial charge in [-0.05, 0) is 0 Å². The Hall–Kier alpha value is -2.30. The third kappa shape index (κ3) is 1.70. The van der Waals surface area contributed by atoms with Gasteiger partial charge in [0.25, 0.3) is 0 Å². The Morgan fingerprint density at radius 2 is 2.05 bits per heavy atom. The highest BCUT2D eigenvalue weighted by atomic mass is 16.6. The maximum absolute atomic E-state index is 10.9. The van der Waals surface area contributed by atoms with Crippen molar-refractivity contribution in [2.45, 2.75) is 24.5 Å². The van der Waals surface area contributed by atoms with Crippen LogP contribution in [0.1, 0.15) is 6.23 Å². The Morgan fingerprint density at radius 1 is 1.30 bits per heavy atom. The normalized spacial score (nSPS) is 29.9. The first kappa shape index (κ1) is 12.7. The molecule has 1 unspecified atom stereocenters. The van der Waals surface area contributed by atoms with Gasteiger partial charge in [0.15, 0.2) is 23.8 Å². The van der Waals surface area contributed by atoms with Gasteiger partial charge in [-0.25, -0.2) is 19.7 Å². The lowest BCUT2D eigenvalue weighted by Gasteiger charge is -2.16. The second-order valence-corrected chi connectivity index (χ2v) is 4.35. The number of hydrogen-bond donors (Lipinski definition) is 4. The Balaban J connectivity index is 2.04. The van der Waals surface area contributed by atoms with E-state index in [-0.39, 0.29) is 11.5 Å². The van der Waals surface area contributed by atoms with Crippen LogP contribution in [0.5, 0.6) is 0 Å². The number of imidazole rings is 1. The molecule has 1 aliphatic heterocycles. The fourth-order valence-corrected chi connectivity index (χ4v) is 2.15. The Kier molecular flexibility index (Phi) is 2.78. The second kappa shape index (κ2) is 4.37. The zero-order valence-electron chi connectivity index (χ0n) is 9.99. The molecule has 0 bridgehead atoms. The monoisotopic (exact) mass is 281 g/mol. The molecule has 0 saturated carbocycles. The van der Waals surface area contributed by atoms with E-state index in [2.05, 4.69) is 15.0 Å². The summed E-state index contributed by atoms with van der Waals surface area (Å²) in [5.41, 5.74) is 6.21. The number of rotatable bonds is 2. The van der Waals surface area contributed by atoms with E-state index >= 15 is 0 Å². The van der Waals surface area contributed by atoms with E-state index < -0.39 is 30.5 Å². The lowest BCUT2D eigenvalue weighted by molar-refractivity contribution is -0.155. The molecule has 1 aliphatic rings. The summed E-state index contributed by atoms with van der Waals surface area (Å²) in [5, 5.41) is 28.5. The highest BCUT2D eigenvalue weighted by Gasteiger charge is 2.47. The summed E-state index contributed by atoms with van der Waals surface area (Å²) < 4.78 is 6.47. The predicted octanol–water partition coefficient (Wildman–Crippen LogP) is -1.89.